The monoisotopic (exact) mass is 297 g/mol. The number of nitrogens with one attached hydrogen (secondary N) is 2. The molecule has 0 aliphatic heterocycles. The van der Waals surface area contributed by atoms with Gasteiger partial charge in [-0.25, -0.2) is 0 Å². The number of anilines is 2. The first-order valence-electron chi connectivity index (χ1n) is 5.74. The summed E-state index contributed by atoms with van der Waals surface area (Å²) in [4.78, 5) is 25.3. The van der Waals surface area contributed by atoms with Crippen molar-refractivity contribution in [2.45, 2.75) is 6.18 Å². The number of carbonyl (C=O) groups excluding carboxylic acids is 1. The molecule has 8 heteroatoms. The number of benzene rings is 1. The molecule has 5 nitrogen and oxygen atoms in total. The number of nitrogens with two attached hydrogens (primary N) is 1. The van der Waals surface area contributed by atoms with Crippen molar-refractivity contribution in [3.63, 3.8) is 0 Å². The third-order valence-corrected chi connectivity index (χ3v) is 2.66. The van der Waals surface area contributed by atoms with E-state index in [2.05, 4.69) is 10.3 Å². The predicted octanol–water partition coefficient (Wildman–Crippen LogP) is 2.23. The second-order valence-corrected chi connectivity index (χ2v) is 4.20. The van der Waals surface area contributed by atoms with Crippen LogP contribution >= 0.6 is 0 Å². The highest BCUT2D eigenvalue weighted by atomic mass is 19.4. The number of hydrogen-bond donors (Lipinski definition) is 3. The van der Waals surface area contributed by atoms with Crippen molar-refractivity contribution < 1.29 is 18.0 Å². The van der Waals surface area contributed by atoms with Gasteiger partial charge in [0.2, 0.25) is 5.56 Å². The minimum absolute atomic E-state index is 0.0354. The minimum atomic E-state index is -4.51. The molecule has 0 saturated heterocycles. The highest BCUT2D eigenvalue weighted by Crippen LogP contribution is 2.32. The van der Waals surface area contributed by atoms with Crippen molar-refractivity contribution in [1.29, 1.82) is 0 Å². The van der Waals surface area contributed by atoms with Crippen molar-refractivity contribution in [2.24, 2.45) is 0 Å². The van der Waals surface area contributed by atoms with Gasteiger partial charge in [0, 0.05) is 17.8 Å². The fraction of sp³-hybridized carbons (Fsp3) is 0.0769. The number of aromatic nitrogens is 1. The summed E-state index contributed by atoms with van der Waals surface area (Å²) in [6.07, 6.45) is -3.23. The van der Waals surface area contributed by atoms with E-state index in [1.54, 1.807) is 0 Å². The summed E-state index contributed by atoms with van der Waals surface area (Å²) in [6, 6.07) is 5.02. The maximum Gasteiger partial charge on any atom is 0.416 e. The van der Waals surface area contributed by atoms with Crippen LogP contribution in [0.25, 0.3) is 0 Å². The summed E-state index contributed by atoms with van der Waals surface area (Å²) >= 11 is 0. The molecule has 0 radical (unpaired) electrons. The largest absolute Gasteiger partial charge is 0.416 e. The molecule has 0 saturated carbocycles. The summed E-state index contributed by atoms with van der Waals surface area (Å²) in [5.41, 5.74) is 4.00. The van der Waals surface area contributed by atoms with Crippen LogP contribution in [-0.4, -0.2) is 10.9 Å². The zero-order valence-corrected chi connectivity index (χ0v) is 10.5. The standard InChI is InChI=1S/C13H10F3N3O2/c14-13(15,16)8-1-2-10(9(17)6-8)19-12(21)7-3-4-18-11(20)5-7/h1-6H,17H2,(H,18,20)(H,19,21). The van der Waals surface area contributed by atoms with Gasteiger partial charge in [0.15, 0.2) is 0 Å². The highest BCUT2D eigenvalue weighted by Gasteiger charge is 2.30. The Morgan fingerprint density at radius 1 is 1.19 bits per heavy atom. The van der Waals surface area contributed by atoms with Gasteiger partial charge in [-0.1, -0.05) is 0 Å². The van der Waals surface area contributed by atoms with Crippen LogP contribution in [0.2, 0.25) is 0 Å². The zero-order valence-electron chi connectivity index (χ0n) is 10.5. The lowest BCUT2D eigenvalue weighted by Gasteiger charge is -2.11. The van der Waals surface area contributed by atoms with Crippen LogP contribution in [-0.2, 0) is 6.18 Å². The van der Waals surface area contributed by atoms with Crippen molar-refractivity contribution >= 4 is 17.3 Å². The van der Waals surface area contributed by atoms with Gasteiger partial charge >= 0.3 is 6.18 Å². The molecule has 1 amide bonds. The molecule has 0 atom stereocenters. The minimum Gasteiger partial charge on any atom is -0.397 e. The summed E-state index contributed by atoms with van der Waals surface area (Å²) in [6.45, 7) is 0. The molecule has 0 aliphatic carbocycles. The molecule has 1 heterocycles. The summed E-state index contributed by atoms with van der Waals surface area (Å²) in [5.74, 6) is -0.646. The molecule has 1 aromatic carbocycles. The van der Waals surface area contributed by atoms with Crippen LogP contribution in [0, 0.1) is 0 Å². The summed E-state index contributed by atoms with van der Waals surface area (Å²) in [7, 11) is 0. The molecule has 2 aromatic rings. The van der Waals surface area contributed by atoms with Gasteiger partial charge in [-0.2, -0.15) is 13.2 Å². The van der Waals surface area contributed by atoms with Gasteiger partial charge in [-0.15, -0.1) is 0 Å². The van der Waals surface area contributed by atoms with Crippen molar-refractivity contribution in [1.82, 2.24) is 4.98 Å². The SMILES string of the molecule is Nc1cc(C(F)(F)F)ccc1NC(=O)c1cc[nH]c(=O)c1. The van der Waals surface area contributed by atoms with E-state index in [1.807, 2.05) is 0 Å². The van der Waals surface area contributed by atoms with E-state index in [1.165, 1.54) is 12.3 Å². The average molecular weight is 297 g/mol. The number of aromatic amines is 1. The molecule has 4 N–H and O–H groups in total. The van der Waals surface area contributed by atoms with E-state index in [0.29, 0.717) is 0 Å². The Hall–Kier alpha value is -2.77. The van der Waals surface area contributed by atoms with Crippen LogP contribution in [0.15, 0.2) is 41.3 Å². The molecule has 0 bridgehead atoms. The van der Waals surface area contributed by atoms with Gasteiger partial charge in [0.1, 0.15) is 0 Å². The van der Waals surface area contributed by atoms with Gasteiger partial charge in [-0.3, -0.25) is 9.59 Å². The van der Waals surface area contributed by atoms with Gasteiger partial charge < -0.3 is 16.0 Å². The molecule has 0 unspecified atom stereocenters. The number of amides is 1. The van der Waals surface area contributed by atoms with E-state index >= 15 is 0 Å². The molecule has 110 valence electrons. The zero-order chi connectivity index (χ0) is 15.6. The van der Waals surface area contributed by atoms with Crippen molar-refractivity contribution in [2.75, 3.05) is 11.1 Å². The number of nitrogen functional groups attached to an aromatic ring is 1. The van der Waals surface area contributed by atoms with E-state index < -0.39 is 23.2 Å². The van der Waals surface area contributed by atoms with E-state index in [-0.39, 0.29) is 16.9 Å². The Morgan fingerprint density at radius 2 is 1.90 bits per heavy atom. The fourth-order valence-electron chi connectivity index (χ4n) is 1.63. The lowest BCUT2D eigenvalue weighted by atomic mass is 10.1. The smallest absolute Gasteiger partial charge is 0.397 e. The molecule has 21 heavy (non-hydrogen) atoms. The van der Waals surface area contributed by atoms with Crippen LogP contribution in [0.5, 0.6) is 0 Å². The fourth-order valence-corrected chi connectivity index (χ4v) is 1.63. The molecule has 0 fully saturated rings. The maximum absolute atomic E-state index is 12.5. The normalized spacial score (nSPS) is 11.2. The Morgan fingerprint density at radius 3 is 2.48 bits per heavy atom. The van der Waals surface area contributed by atoms with Gasteiger partial charge in [0.05, 0.1) is 16.9 Å². The first-order valence-corrected chi connectivity index (χ1v) is 5.74. The van der Waals surface area contributed by atoms with Crippen LogP contribution in [0.3, 0.4) is 0 Å². The average Bonchev–Trinajstić information content (AvgIpc) is 2.39. The second kappa shape index (κ2) is 5.31. The number of carbonyl (C=O) groups is 1. The van der Waals surface area contributed by atoms with Gasteiger partial charge in [0.25, 0.3) is 5.91 Å². The molecule has 2 rings (SSSR count). The van der Waals surface area contributed by atoms with E-state index in [4.69, 9.17) is 5.73 Å². The van der Waals surface area contributed by atoms with Crippen molar-refractivity contribution in [3.8, 4) is 0 Å². The van der Waals surface area contributed by atoms with Crippen molar-refractivity contribution in [3.05, 3.63) is 58.0 Å². The predicted molar refractivity (Wildman–Crippen MR) is 70.9 cm³/mol. The lowest BCUT2D eigenvalue weighted by Crippen LogP contribution is -2.16. The Bertz CT molecular complexity index is 738. The highest BCUT2D eigenvalue weighted by molar-refractivity contribution is 6.05. The Balaban J connectivity index is 2.24. The third-order valence-electron chi connectivity index (χ3n) is 2.66. The first-order chi connectivity index (χ1) is 9.77. The Labute approximate surface area is 116 Å². The molecule has 0 aliphatic rings. The number of halogens is 3. The molecule has 1 aromatic heterocycles. The summed E-state index contributed by atoms with van der Waals surface area (Å²) in [5, 5.41) is 2.35. The lowest BCUT2D eigenvalue weighted by molar-refractivity contribution is -0.137. The number of alkyl halides is 3. The maximum atomic E-state index is 12.5. The third kappa shape index (κ3) is 3.41. The van der Waals surface area contributed by atoms with E-state index in [9.17, 15) is 22.8 Å². The van der Waals surface area contributed by atoms with Crippen LogP contribution in [0.4, 0.5) is 24.5 Å². The van der Waals surface area contributed by atoms with E-state index in [0.717, 1.165) is 24.3 Å². The topological polar surface area (TPSA) is 88.0 Å². The Kier molecular flexibility index (Phi) is 3.70. The van der Waals surface area contributed by atoms with Crippen LogP contribution < -0.4 is 16.6 Å². The quantitative estimate of drug-likeness (QED) is 0.743. The van der Waals surface area contributed by atoms with Crippen LogP contribution in [0.1, 0.15) is 15.9 Å². The number of H-pyrrole nitrogens is 1. The number of pyridine rings is 1. The number of hydrogen-bond acceptors (Lipinski definition) is 3. The first kappa shape index (κ1) is 14.6. The van der Waals surface area contributed by atoms with Gasteiger partial charge in [-0.05, 0) is 24.3 Å². The molecular weight excluding hydrogens is 287 g/mol. The molecule has 0 spiro atoms. The second-order valence-electron chi connectivity index (χ2n) is 4.20. The molecular formula is C13H10F3N3O2. The number of rotatable bonds is 2. The summed E-state index contributed by atoms with van der Waals surface area (Å²) < 4.78 is 37.5.